The largest absolute Gasteiger partial charge is 0.403 e. The lowest BCUT2D eigenvalue weighted by Crippen LogP contribution is -2.30. The average molecular weight is 171 g/mol. The summed E-state index contributed by atoms with van der Waals surface area (Å²) in [4.78, 5) is 10.6. The highest BCUT2D eigenvalue weighted by Crippen LogP contribution is 1.97. The molecule has 0 bridgehead atoms. The van der Waals surface area contributed by atoms with Gasteiger partial charge in [-0.15, -0.1) is 0 Å². The van der Waals surface area contributed by atoms with Gasteiger partial charge in [0.1, 0.15) is 0 Å². The molecule has 0 rings (SSSR count). The summed E-state index contributed by atoms with van der Waals surface area (Å²) in [6.45, 7) is 4.30. The number of hydrogen-bond acceptors (Lipinski definition) is 3. The molecule has 4 heteroatoms. The Hall–Kier alpha value is -1.03. The second-order valence-electron chi connectivity index (χ2n) is 2.67. The average Bonchev–Trinajstić information content (AvgIpc) is 2.03. The number of allylic oxidation sites excluding steroid dienone is 1. The van der Waals surface area contributed by atoms with Crippen molar-refractivity contribution in [3.63, 3.8) is 0 Å². The minimum Gasteiger partial charge on any atom is -0.403 e. The van der Waals surface area contributed by atoms with E-state index in [1.54, 1.807) is 0 Å². The van der Waals surface area contributed by atoms with Crippen LogP contribution >= 0.6 is 0 Å². The van der Waals surface area contributed by atoms with E-state index in [-0.39, 0.29) is 12.5 Å². The molecule has 0 aliphatic rings. The van der Waals surface area contributed by atoms with Crippen LogP contribution in [0.5, 0.6) is 0 Å². The van der Waals surface area contributed by atoms with E-state index in [0.29, 0.717) is 12.2 Å². The van der Waals surface area contributed by atoms with Gasteiger partial charge in [-0.1, -0.05) is 6.58 Å². The first-order chi connectivity index (χ1) is 5.66. The zero-order chi connectivity index (χ0) is 9.40. The summed E-state index contributed by atoms with van der Waals surface area (Å²) in [6.07, 6.45) is 2.70. The van der Waals surface area contributed by atoms with Crippen molar-refractivity contribution < 1.29 is 4.79 Å². The zero-order valence-electron chi connectivity index (χ0n) is 7.31. The number of carbonyl (C=O) groups is 1. The zero-order valence-corrected chi connectivity index (χ0v) is 7.31. The van der Waals surface area contributed by atoms with E-state index >= 15 is 0 Å². The van der Waals surface area contributed by atoms with Crippen molar-refractivity contribution in [2.45, 2.75) is 19.3 Å². The molecule has 0 aromatic heterocycles. The maximum absolute atomic E-state index is 10.6. The third kappa shape index (κ3) is 7.08. The maximum atomic E-state index is 10.6. The smallest absolute Gasteiger partial charge is 0.233 e. The fourth-order valence-electron chi connectivity index (χ4n) is 0.777. The van der Waals surface area contributed by atoms with Gasteiger partial charge in [0.2, 0.25) is 5.91 Å². The molecule has 0 aromatic rings. The highest BCUT2D eigenvalue weighted by Gasteiger charge is 1.94. The van der Waals surface area contributed by atoms with Crippen LogP contribution < -0.4 is 16.8 Å². The molecule has 70 valence electrons. The van der Waals surface area contributed by atoms with Crippen molar-refractivity contribution in [3.8, 4) is 0 Å². The summed E-state index contributed by atoms with van der Waals surface area (Å²) < 4.78 is 0. The molecule has 0 radical (unpaired) electrons. The van der Waals surface area contributed by atoms with Gasteiger partial charge in [-0.2, -0.15) is 0 Å². The highest BCUT2D eigenvalue weighted by molar-refractivity contribution is 5.77. The third-order valence-corrected chi connectivity index (χ3v) is 1.43. The molecule has 1 amide bonds. The highest BCUT2D eigenvalue weighted by atomic mass is 16.1. The predicted molar refractivity (Wildman–Crippen MR) is 49.2 cm³/mol. The van der Waals surface area contributed by atoms with Gasteiger partial charge >= 0.3 is 0 Å². The van der Waals surface area contributed by atoms with Gasteiger partial charge in [-0.3, -0.25) is 4.79 Å². The van der Waals surface area contributed by atoms with E-state index in [4.69, 9.17) is 11.5 Å². The fourth-order valence-corrected chi connectivity index (χ4v) is 0.777. The van der Waals surface area contributed by atoms with Crippen LogP contribution in [0.4, 0.5) is 0 Å². The van der Waals surface area contributed by atoms with Crippen molar-refractivity contribution in [3.05, 3.63) is 12.3 Å². The molecular weight excluding hydrogens is 154 g/mol. The van der Waals surface area contributed by atoms with E-state index in [9.17, 15) is 4.79 Å². The molecule has 0 aliphatic carbocycles. The molecule has 0 heterocycles. The summed E-state index contributed by atoms with van der Waals surface area (Å²) in [5.74, 6) is -0.110. The molecule has 0 saturated heterocycles. The molecular formula is C8H17N3O. The number of unbranched alkanes of at least 4 members (excludes halogenated alkanes) is 1. The summed E-state index contributed by atoms with van der Waals surface area (Å²) in [5, 5.41) is 2.67. The van der Waals surface area contributed by atoms with Crippen LogP contribution in [0.2, 0.25) is 0 Å². The van der Waals surface area contributed by atoms with Gasteiger partial charge < -0.3 is 16.8 Å². The van der Waals surface area contributed by atoms with Crippen molar-refractivity contribution >= 4 is 5.91 Å². The molecule has 0 aliphatic heterocycles. The Morgan fingerprint density at radius 2 is 2.08 bits per heavy atom. The number of nitrogens with one attached hydrogen (secondary N) is 1. The van der Waals surface area contributed by atoms with Gasteiger partial charge in [0.15, 0.2) is 0 Å². The van der Waals surface area contributed by atoms with Crippen LogP contribution in [0.1, 0.15) is 19.3 Å². The fraction of sp³-hybridized carbons (Fsp3) is 0.625. The van der Waals surface area contributed by atoms with E-state index in [1.807, 2.05) is 0 Å². The van der Waals surface area contributed by atoms with Crippen molar-refractivity contribution in [2.24, 2.45) is 11.5 Å². The van der Waals surface area contributed by atoms with Gasteiger partial charge in [-0.25, -0.2) is 0 Å². The van der Waals surface area contributed by atoms with E-state index in [2.05, 4.69) is 11.9 Å². The second-order valence-corrected chi connectivity index (χ2v) is 2.67. The van der Waals surface area contributed by atoms with Crippen molar-refractivity contribution in [1.82, 2.24) is 5.32 Å². The monoisotopic (exact) mass is 171 g/mol. The van der Waals surface area contributed by atoms with Crippen LogP contribution in [-0.4, -0.2) is 19.0 Å². The summed E-state index contributed by atoms with van der Waals surface area (Å²) in [7, 11) is 0. The Morgan fingerprint density at radius 3 is 2.58 bits per heavy atom. The molecule has 0 atom stereocenters. The van der Waals surface area contributed by atoms with Crippen LogP contribution in [-0.2, 0) is 4.79 Å². The first-order valence-electron chi connectivity index (χ1n) is 4.07. The lowest BCUT2D eigenvalue weighted by molar-refractivity contribution is -0.119. The summed E-state index contributed by atoms with van der Waals surface area (Å²) in [6, 6.07) is 0. The number of hydrogen-bond donors (Lipinski definition) is 3. The summed E-state index contributed by atoms with van der Waals surface area (Å²) in [5.41, 5.74) is 11.1. The van der Waals surface area contributed by atoms with E-state index in [1.165, 1.54) is 0 Å². The minimum absolute atomic E-state index is 0.0591. The molecule has 0 aromatic carbocycles. The van der Waals surface area contributed by atoms with Crippen LogP contribution in [0.3, 0.4) is 0 Å². The van der Waals surface area contributed by atoms with Crippen LogP contribution in [0.25, 0.3) is 0 Å². The standard InChI is InChI=1S/C8H17N3O/c1-7(10)4-2-3-5-11-8(12)6-9/h1-6,9-10H2,(H,11,12). The van der Waals surface area contributed by atoms with Crippen molar-refractivity contribution in [1.29, 1.82) is 0 Å². The Kier molecular flexibility index (Phi) is 6.09. The molecule has 0 spiro atoms. The quantitative estimate of drug-likeness (QED) is 0.480. The SMILES string of the molecule is C=C(N)CCCCNC(=O)CN. The molecule has 0 fully saturated rings. The Labute approximate surface area is 73.0 Å². The molecule has 5 N–H and O–H groups in total. The van der Waals surface area contributed by atoms with E-state index in [0.717, 1.165) is 19.3 Å². The molecule has 0 saturated carbocycles. The van der Waals surface area contributed by atoms with Gasteiger partial charge in [-0.05, 0) is 19.3 Å². The minimum atomic E-state index is -0.110. The van der Waals surface area contributed by atoms with Gasteiger partial charge in [0.25, 0.3) is 0 Å². The van der Waals surface area contributed by atoms with Crippen LogP contribution in [0, 0.1) is 0 Å². The molecule has 0 unspecified atom stereocenters. The normalized spacial score (nSPS) is 9.42. The molecule has 12 heavy (non-hydrogen) atoms. The third-order valence-electron chi connectivity index (χ3n) is 1.43. The van der Waals surface area contributed by atoms with Crippen molar-refractivity contribution in [2.75, 3.05) is 13.1 Å². The Bertz CT molecular complexity index is 156. The second kappa shape index (κ2) is 6.67. The number of amides is 1. The Morgan fingerprint density at radius 1 is 1.42 bits per heavy atom. The lowest BCUT2D eigenvalue weighted by Gasteiger charge is -2.02. The Balaban J connectivity index is 3.11. The number of carbonyl (C=O) groups excluding carboxylic acids is 1. The number of nitrogens with two attached hydrogens (primary N) is 2. The summed E-state index contributed by atoms with van der Waals surface area (Å²) >= 11 is 0. The first-order valence-corrected chi connectivity index (χ1v) is 4.07. The lowest BCUT2D eigenvalue weighted by atomic mass is 10.2. The van der Waals surface area contributed by atoms with Gasteiger partial charge in [0.05, 0.1) is 6.54 Å². The number of rotatable bonds is 6. The van der Waals surface area contributed by atoms with E-state index < -0.39 is 0 Å². The molecule has 4 nitrogen and oxygen atoms in total. The first kappa shape index (κ1) is 11.0. The predicted octanol–water partition coefficient (Wildman–Crippen LogP) is -0.296. The maximum Gasteiger partial charge on any atom is 0.233 e. The van der Waals surface area contributed by atoms with Crippen LogP contribution in [0.15, 0.2) is 12.3 Å². The topological polar surface area (TPSA) is 81.1 Å². The van der Waals surface area contributed by atoms with Gasteiger partial charge in [0, 0.05) is 12.2 Å².